The van der Waals surface area contributed by atoms with Crippen molar-refractivity contribution in [2.45, 2.75) is 19.1 Å². The van der Waals surface area contributed by atoms with Crippen LogP contribution < -0.4 is 10.1 Å². The van der Waals surface area contributed by atoms with Gasteiger partial charge in [-0.2, -0.15) is 23.3 Å². The zero-order valence-corrected chi connectivity index (χ0v) is 17.4. The number of nitrogens with zero attached hydrogens (tertiary/aromatic N) is 4. The number of rotatable bonds is 5. The number of carboxylic acids is 1. The lowest BCUT2D eigenvalue weighted by atomic mass is 10.1. The Labute approximate surface area is 185 Å². The van der Waals surface area contributed by atoms with Crippen molar-refractivity contribution >= 4 is 28.6 Å². The number of amides is 1. The van der Waals surface area contributed by atoms with Gasteiger partial charge in [0.25, 0.3) is 5.91 Å². The van der Waals surface area contributed by atoms with Gasteiger partial charge in [0.1, 0.15) is 17.0 Å². The fourth-order valence-corrected chi connectivity index (χ4v) is 2.97. The minimum Gasteiger partial charge on any atom is -0.481 e. The molecule has 13 heteroatoms. The van der Waals surface area contributed by atoms with E-state index in [-0.39, 0.29) is 5.91 Å². The molecule has 0 bridgehead atoms. The predicted octanol–water partition coefficient (Wildman–Crippen LogP) is 2.76. The molecular formula is C20H20F3N5O5. The molecule has 176 valence electrons. The van der Waals surface area contributed by atoms with E-state index in [2.05, 4.69) is 20.4 Å². The molecule has 3 aromatic heterocycles. The molecule has 0 saturated carbocycles. The molecule has 1 aliphatic rings. The van der Waals surface area contributed by atoms with Crippen LogP contribution in [0.4, 0.5) is 19.0 Å². The van der Waals surface area contributed by atoms with Gasteiger partial charge in [-0.15, -0.1) is 0 Å². The van der Waals surface area contributed by atoms with Crippen LogP contribution in [0.2, 0.25) is 0 Å². The zero-order valence-electron chi connectivity index (χ0n) is 17.4. The molecule has 1 saturated heterocycles. The Kier molecular flexibility index (Phi) is 7.43. The van der Waals surface area contributed by atoms with Gasteiger partial charge in [0.15, 0.2) is 0 Å². The Morgan fingerprint density at radius 2 is 2.12 bits per heavy atom. The fraction of sp³-hybridized carbons (Fsp3) is 0.350. The summed E-state index contributed by atoms with van der Waals surface area (Å²) in [6.45, 7) is 2.40. The molecule has 4 rings (SSSR count). The molecule has 0 spiro atoms. The quantitative estimate of drug-likeness (QED) is 0.586. The molecule has 1 aliphatic heterocycles. The summed E-state index contributed by atoms with van der Waals surface area (Å²) in [5, 5.41) is 15.3. The molecule has 0 aliphatic carbocycles. The number of anilines is 1. The summed E-state index contributed by atoms with van der Waals surface area (Å²) in [6.07, 6.45) is -0.476. The maximum Gasteiger partial charge on any atom is 0.490 e. The number of carbonyl (C=O) groups excluding carboxylic acids is 1. The third-order valence-corrected chi connectivity index (χ3v) is 4.56. The number of carbonyl (C=O) groups is 2. The Hall–Kier alpha value is -3.74. The standard InChI is InChI=1S/C18H19N5O3.C2HF3O2/c1-25-17-4-2-3-16(20-17)21-18(24)14-7-13-10-23(22-15(13)8-19-14)9-12-5-6-26-11-12;3-2(4,5)1(6)7/h2-4,7-8,10,12H,5-6,9,11H2,1H3,(H,20,21,24);(H,6,7). The Morgan fingerprint density at radius 3 is 2.76 bits per heavy atom. The number of methoxy groups -OCH3 is 1. The Bertz CT molecular complexity index is 1130. The van der Waals surface area contributed by atoms with Gasteiger partial charge in [-0.1, -0.05) is 6.07 Å². The first kappa shape index (κ1) is 23.9. The van der Waals surface area contributed by atoms with E-state index in [9.17, 15) is 18.0 Å². The lowest BCUT2D eigenvalue weighted by molar-refractivity contribution is -0.192. The molecule has 33 heavy (non-hydrogen) atoms. The van der Waals surface area contributed by atoms with Gasteiger partial charge in [0.2, 0.25) is 5.88 Å². The molecular weight excluding hydrogens is 447 g/mol. The van der Waals surface area contributed by atoms with E-state index in [1.807, 2.05) is 10.9 Å². The smallest absolute Gasteiger partial charge is 0.481 e. The van der Waals surface area contributed by atoms with Crippen LogP contribution in [-0.4, -0.2) is 63.2 Å². The van der Waals surface area contributed by atoms with E-state index >= 15 is 0 Å². The highest BCUT2D eigenvalue weighted by atomic mass is 19.4. The molecule has 0 radical (unpaired) electrons. The summed E-state index contributed by atoms with van der Waals surface area (Å²) in [6, 6.07) is 6.90. The molecule has 2 N–H and O–H groups in total. The summed E-state index contributed by atoms with van der Waals surface area (Å²) in [5.41, 5.74) is 1.07. The van der Waals surface area contributed by atoms with Gasteiger partial charge in [-0.25, -0.2) is 9.78 Å². The number of aliphatic carboxylic acids is 1. The maximum atomic E-state index is 12.4. The van der Waals surface area contributed by atoms with Crippen LogP contribution in [-0.2, 0) is 16.1 Å². The molecule has 1 atom stereocenters. The summed E-state index contributed by atoms with van der Waals surface area (Å²) in [7, 11) is 1.53. The SMILES string of the molecule is COc1cccc(NC(=O)c2cc3cn(CC4CCOC4)nc3cn2)n1.O=C(O)C(F)(F)F. The van der Waals surface area contributed by atoms with Crippen molar-refractivity contribution in [1.82, 2.24) is 19.7 Å². The lowest BCUT2D eigenvalue weighted by Crippen LogP contribution is -2.21. The number of hydrogen-bond acceptors (Lipinski definition) is 7. The summed E-state index contributed by atoms with van der Waals surface area (Å²) >= 11 is 0. The fourth-order valence-electron chi connectivity index (χ4n) is 2.97. The molecule has 1 amide bonds. The monoisotopic (exact) mass is 467 g/mol. The maximum absolute atomic E-state index is 12.4. The Morgan fingerprint density at radius 1 is 1.36 bits per heavy atom. The number of ether oxygens (including phenoxy) is 2. The van der Waals surface area contributed by atoms with Crippen LogP contribution >= 0.6 is 0 Å². The van der Waals surface area contributed by atoms with Crippen molar-refractivity contribution in [2.75, 3.05) is 25.6 Å². The first-order chi connectivity index (χ1) is 15.7. The lowest BCUT2D eigenvalue weighted by Gasteiger charge is -2.06. The molecule has 1 fully saturated rings. The first-order valence-corrected chi connectivity index (χ1v) is 9.69. The van der Waals surface area contributed by atoms with Gasteiger partial charge in [0, 0.05) is 36.7 Å². The summed E-state index contributed by atoms with van der Waals surface area (Å²) < 4.78 is 44.1. The first-order valence-electron chi connectivity index (χ1n) is 9.69. The number of nitrogens with one attached hydrogen (secondary N) is 1. The molecule has 4 heterocycles. The third kappa shape index (κ3) is 6.62. The summed E-state index contributed by atoms with van der Waals surface area (Å²) in [4.78, 5) is 29.7. The van der Waals surface area contributed by atoms with Crippen molar-refractivity contribution < 1.29 is 37.3 Å². The number of halogens is 3. The van der Waals surface area contributed by atoms with Gasteiger partial charge >= 0.3 is 12.1 Å². The number of aromatic nitrogens is 4. The van der Waals surface area contributed by atoms with Gasteiger partial charge in [-0.3, -0.25) is 9.48 Å². The zero-order chi connectivity index (χ0) is 24.0. The average molecular weight is 467 g/mol. The third-order valence-electron chi connectivity index (χ3n) is 4.56. The van der Waals surface area contributed by atoms with Crippen LogP contribution in [0.1, 0.15) is 16.9 Å². The van der Waals surface area contributed by atoms with E-state index < -0.39 is 12.1 Å². The van der Waals surface area contributed by atoms with Crippen LogP contribution in [0.15, 0.2) is 36.7 Å². The van der Waals surface area contributed by atoms with E-state index in [0.29, 0.717) is 23.3 Å². The second-order valence-electron chi connectivity index (χ2n) is 7.03. The number of alkyl halides is 3. The Balaban J connectivity index is 0.000000383. The highest BCUT2D eigenvalue weighted by molar-refractivity contribution is 6.04. The average Bonchev–Trinajstić information content (AvgIpc) is 3.42. The number of carboxylic acid groups (broad SMARTS) is 1. The van der Waals surface area contributed by atoms with Crippen LogP contribution in [0.3, 0.4) is 0 Å². The van der Waals surface area contributed by atoms with Crippen molar-refractivity contribution in [1.29, 1.82) is 0 Å². The number of fused-ring (bicyclic) bond motifs is 1. The van der Waals surface area contributed by atoms with Gasteiger partial charge in [0.05, 0.1) is 19.9 Å². The second kappa shape index (κ2) is 10.3. The van der Waals surface area contributed by atoms with E-state index in [1.54, 1.807) is 30.5 Å². The molecule has 3 aromatic rings. The number of pyridine rings is 2. The van der Waals surface area contributed by atoms with Crippen LogP contribution in [0, 0.1) is 5.92 Å². The second-order valence-corrected chi connectivity index (χ2v) is 7.03. The highest BCUT2D eigenvalue weighted by Gasteiger charge is 2.38. The summed E-state index contributed by atoms with van der Waals surface area (Å²) in [5.74, 6) is -1.76. The molecule has 10 nitrogen and oxygen atoms in total. The minimum absolute atomic E-state index is 0.311. The molecule has 0 aromatic carbocycles. The largest absolute Gasteiger partial charge is 0.490 e. The number of hydrogen-bond donors (Lipinski definition) is 2. The van der Waals surface area contributed by atoms with E-state index in [1.165, 1.54) is 7.11 Å². The molecule has 1 unspecified atom stereocenters. The van der Waals surface area contributed by atoms with Gasteiger partial charge < -0.3 is 19.9 Å². The van der Waals surface area contributed by atoms with E-state index in [0.717, 1.165) is 37.1 Å². The van der Waals surface area contributed by atoms with Crippen molar-refractivity contribution in [3.63, 3.8) is 0 Å². The topological polar surface area (TPSA) is 128 Å². The van der Waals surface area contributed by atoms with Crippen molar-refractivity contribution in [3.8, 4) is 5.88 Å². The van der Waals surface area contributed by atoms with Crippen LogP contribution in [0.25, 0.3) is 10.9 Å². The van der Waals surface area contributed by atoms with Crippen molar-refractivity contribution in [2.24, 2.45) is 5.92 Å². The minimum atomic E-state index is -5.08. The normalized spacial score (nSPS) is 15.6. The van der Waals surface area contributed by atoms with E-state index in [4.69, 9.17) is 19.4 Å². The van der Waals surface area contributed by atoms with Gasteiger partial charge in [-0.05, 0) is 18.6 Å². The van der Waals surface area contributed by atoms with Crippen LogP contribution in [0.5, 0.6) is 5.88 Å². The predicted molar refractivity (Wildman–Crippen MR) is 109 cm³/mol. The van der Waals surface area contributed by atoms with Crippen molar-refractivity contribution in [3.05, 3.63) is 42.4 Å². The highest BCUT2D eigenvalue weighted by Crippen LogP contribution is 2.18.